The lowest BCUT2D eigenvalue weighted by atomic mass is 10.1. The second-order valence-electron chi connectivity index (χ2n) is 7.52. The van der Waals surface area contributed by atoms with Gasteiger partial charge in [0.05, 0.1) is 0 Å². The topological polar surface area (TPSA) is 43.9 Å². The van der Waals surface area contributed by atoms with Crippen molar-refractivity contribution in [3.8, 4) is 0 Å². The summed E-state index contributed by atoms with van der Waals surface area (Å²) < 4.78 is 0. The molecule has 2 aromatic carbocycles. The van der Waals surface area contributed by atoms with Crippen LogP contribution < -0.4 is 4.90 Å². The summed E-state index contributed by atoms with van der Waals surface area (Å²) in [4.78, 5) is 31.4. The number of hydrogen-bond acceptors (Lipinski definition) is 3. The zero-order valence-electron chi connectivity index (χ0n) is 17.3. The summed E-state index contributed by atoms with van der Waals surface area (Å²) in [6, 6.07) is 15.2. The molecule has 3 rings (SSSR count). The van der Waals surface area contributed by atoms with Crippen molar-refractivity contribution in [1.82, 2.24) is 9.80 Å². The Balaban J connectivity index is 1.60. The molecule has 5 nitrogen and oxygen atoms in total. The summed E-state index contributed by atoms with van der Waals surface area (Å²) in [6.07, 6.45) is 0. The fourth-order valence-corrected chi connectivity index (χ4v) is 3.93. The van der Waals surface area contributed by atoms with Crippen LogP contribution in [0.25, 0.3) is 0 Å². The molecule has 0 aromatic heterocycles. The van der Waals surface area contributed by atoms with Crippen LogP contribution in [0.5, 0.6) is 0 Å². The van der Waals surface area contributed by atoms with Gasteiger partial charge in [0.25, 0.3) is 11.8 Å². The zero-order chi connectivity index (χ0) is 21.0. The van der Waals surface area contributed by atoms with Crippen LogP contribution in [-0.2, 0) is 0 Å². The number of anilines is 1. The van der Waals surface area contributed by atoms with Gasteiger partial charge >= 0.3 is 0 Å². The van der Waals surface area contributed by atoms with Gasteiger partial charge in [-0.2, -0.15) is 0 Å². The van der Waals surface area contributed by atoms with E-state index in [1.165, 1.54) is 0 Å². The Labute approximate surface area is 177 Å². The average Bonchev–Trinajstić information content (AvgIpc) is 2.73. The van der Waals surface area contributed by atoms with E-state index in [9.17, 15) is 9.59 Å². The summed E-state index contributed by atoms with van der Waals surface area (Å²) in [6.45, 7) is 9.47. The Morgan fingerprint density at radius 2 is 1.48 bits per heavy atom. The first-order valence-electron chi connectivity index (χ1n) is 10.1. The molecule has 2 aromatic rings. The summed E-state index contributed by atoms with van der Waals surface area (Å²) >= 11 is 5.99. The molecule has 1 aliphatic rings. The Morgan fingerprint density at radius 3 is 1.97 bits per heavy atom. The van der Waals surface area contributed by atoms with Gasteiger partial charge in [-0.25, -0.2) is 0 Å². The number of rotatable bonds is 5. The highest BCUT2D eigenvalue weighted by atomic mass is 35.5. The monoisotopic (exact) mass is 413 g/mol. The number of nitrogens with zero attached hydrogens (tertiary/aromatic N) is 3. The number of hydrogen-bond donors (Lipinski definition) is 0. The number of carbonyl (C=O) groups excluding carboxylic acids is 2. The highest BCUT2D eigenvalue weighted by Gasteiger charge is 2.25. The van der Waals surface area contributed by atoms with Gasteiger partial charge in [0.1, 0.15) is 0 Å². The van der Waals surface area contributed by atoms with Crippen LogP contribution in [0.3, 0.4) is 0 Å². The molecule has 0 unspecified atom stereocenters. The SMILES string of the molecule is CCN(c1ccc(C(=O)N2CCN(C(=O)c3cccc(Cl)c3)CC2)cc1)C(C)C. The molecule has 0 atom stereocenters. The lowest BCUT2D eigenvalue weighted by Crippen LogP contribution is -2.50. The molecule has 1 heterocycles. The molecule has 1 fully saturated rings. The van der Waals surface area contributed by atoms with Crippen molar-refractivity contribution >= 4 is 29.1 Å². The van der Waals surface area contributed by atoms with Gasteiger partial charge in [0, 0.05) is 60.6 Å². The largest absolute Gasteiger partial charge is 0.369 e. The number of halogens is 1. The van der Waals surface area contributed by atoms with Crippen LogP contribution >= 0.6 is 11.6 Å². The normalized spacial score (nSPS) is 14.2. The molecule has 1 saturated heterocycles. The van der Waals surface area contributed by atoms with Gasteiger partial charge in [-0.15, -0.1) is 0 Å². The Kier molecular flexibility index (Phi) is 6.80. The minimum atomic E-state index is -0.0442. The van der Waals surface area contributed by atoms with Gasteiger partial charge in [0.2, 0.25) is 0 Å². The maximum atomic E-state index is 12.9. The summed E-state index contributed by atoms with van der Waals surface area (Å²) in [5, 5.41) is 0.548. The third-order valence-corrected chi connectivity index (χ3v) is 5.57. The fraction of sp³-hybridized carbons (Fsp3) is 0.391. The summed E-state index contributed by atoms with van der Waals surface area (Å²) in [5.41, 5.74) is 2.39. The van der Waals surface area contributed by atoms with Gasteiger partial charge < -0.3 is 14.7 Å². The molecule has 29 heavy (non-hydrogen) atoms. The third kappa shape index (κ3) is 4.91. The summed E-state index contributed by atoms with van der Waals surface area (Å²) in [7, 11) is 0. The predicted molar refractivity (Wildman–Crippen MR) is 118 cm³/mol. The third-order valence-electron chi connectivity index (χ3n) is 5.34. The first kappa shape index (κ1) is 21.2. The van der Waals surface area contributed by atoms with Crippen LogP contribution in [0.1, 0.15) is 41.5 Å². The smallest absolute Gasteiger partial charge is 0.254 e. The lowest BCUT2D eigenvalue weighted by molar-refractivity contribution is 0.0535. The molecule has 0 spiro atoms. The van der Waals surface area contributed by atoms with Crippen molar-refractivity contribution in [2.45, 2.75) is 26.8 Å². The van der Waals surface area contributed by atoms with E-state index in [-0.39, 0.29) is 11.8 Å². The summed E-state index contributed by atoms with van der Waals surface area (Å²) in [5.74, 6) is -0.0312. The van der Waals surface area contributed by atoms with E-state index < -0.39 is 0 Å². The van der Waals surface area contributed by atoms with Crippen molar-refractivity contribution in [3.63, 3.8) is 0 Å². The highest BCUT2D eigenvalue weighted by molar-refractivity contribution is 6.30. The average molecular weight is 414 g/mol. The highest BCUT2D eigenvalue weighted by Crippen LogP contribution is 2.19. The Hall–Kier alpha value is -2.53. The molecule has 6 heteroatoms. The number of carbonyl (C=O) groups is 2. The molecular weight excluding hydrogens is 386 g/mol. The van der Waals surface area contributed by atoms with Crippen LogP contribution in [0.15, 0.2) is 48.5 Å². The van der Waals surface area contributed by atoms with E-state index in [0.29, 0.717) is 48.4 Å². The second-order valence-corrected chi connectivity index (χ2v) is 7.96. The van der Waals surface area contributed by atoms with Crippen LogP contribution in [0, 0.1) is 0 Å². The van der Waals surface area contributed by atoms with E-state index in [1.807, 2.05) is 29.2 Å². The van der Waals surface area contributed by atoms with Crippen molar-refractivity contribution in [1.29, 1.82) is 0 Å². The molecule has 0 N–H and O–H groups in total. The number of piperazine rings is 1. The minimum Gasteiger partial charge on any atom is -0.369 e. The molecule has 0 bridgehead atoms. The van der Waals surface area contributed by atoms with E-state index in [4.69, 9.17) is 11.6 Å². The molecule has 0 saturated carbocycles. The zero-order valence-corrected chi connectivity index (χ0v) is 18.0. The first-order chi connectivity index (χ1) is 13.9. The van der Waals surface area contributed by atoms with Gasteiger partial charge in [-0.3, -0.25) is 9.59 Å². The Morgan fingerprint density at radius 1 is 0.931 bits per heavy atom. The number of benzene rings is 2. The van der Waals surface area contributed by atoms with E-state index in [1.54, 1.807) is 29.2 Å². The standard InChI is InChI=1S/C23H28ClN3O2/c1-4-27(17(2)3)21-10-8-18(9-11-21)22(28)25-12-14-26(15-13-25)23(29)19-6-5-7-20(24)16-19/h5-11,16-17H,4,12-15H2,1-3H3. The maximum absolute atomic E-state index is 12.9. The molecule has 2 amide bonds. The number of amides is 2. The van der Waals surface area contributed by atoms with Gasteiger partial charge in [0.15, 0.2) is 0 Å². The van der Waals surface area contributed by atoms with Crippen LogP contribution in [-0.4, -0.2) is 60.4 Å². The first-order valence-corrected chi connectivity index (χ1v) is 10.5. The fourth-order valence-electron chi connectivity index (χ4n) is 3.74. The second kappa shape index (κ2) is 9.31. The molecule has 154 valence electrons. The van der Waals surface area contributed by atoms with Crippen molar-refractivity contribution in [2.24, 2.45) is 0 Å². The van der Waals surface area contributed by atoms with E-state index in [2.05, 4.69) is 25.7 Å². The predicted octanol–water partition coefficient (Wildman–Crippen LogP) is 4.17. The quantitative estimate of drug-likeness (QED) is 0.738. The molecule has 0 radical (unpaired) electrons. The Bertz CT molecular complexity index is 859. The van der Waals surface area contributed by atoms with Gasteiger partial charge in [-0.05, 0) is 63.2 Å². The molecular formula is C23H28ClN3O2. The minimum absolute atomic E-state index is 0.0130. The van der Waals surface area contributed by atoms with Crippen molar-refractivity contribution in [2.75, 3.05) is 37.6 Å². The van der Waals surface area contributed by atoms with Gasteiger partial charge in [-0.1, -0.05) is 17.7 Å². The van der Waals surface area contributed by atoms with E-state index >= 15 is 0 Å². The van der Waals surface area contributed by atoms with Crippen LogP contribution in [0.2, 0.25) is 5.02 Å². The maximum Gasteiger partial charge on any atom is 0.254 e. The molecule has 0 aliphatic carbocycles. The van der Waals surface area contributed by atoms with Crippen LogP contribution in [0.4, 0.5) is 5.69 Å². The van der Waals surface area contributed by atoms with Crippen molar-refractivity contribution in [3.05, 3.63) is 64.7 Å². The molecule has 1 aliphatic heterocycles. The van der Waals surface area contributed by atoms with E-state index in [0.717, 1.165) is 12.2 Å². The van der Waals surface area contributed by atoms with Crippen molar-refractivity contribution < 1.29 is 9.59 Å². The lowest BCUT2D eigenvalue weighted by Gasteiger charge is -2.35.